The molecule has 0 amide bonds. The number of aldehydes is 1. The lowest BCUT2D eigenvalue weighted by atomic mass is 9.74. The number of carbonyl (C=O) groups excluding carboxylic acids is 8. The summed E-state index contributed by atoms with van der Waals surface area (Å²) in [6.07, 6.45) is -14.2. The van der Waals surface area contributed by atoms with E-state index in [1.165, 1.54) is 48.8 Å². The van der Waals surface area contributed by atoms with Crippen LogP contribution in [0.1, 0.15) is 202 Å². The number of hydrogen-bond acceptors (Lipinski definition) is 32. The lowest BCUT2D eigenvalue weighted by molar-refractivity contribution is -0.344. The molecule has 0 bridgehead atoms. The summed E-state index contributed by atoms with van der Waals surface area (Å²) in [5.74, 6) is -9.04. The molecule has 114 heavy (non-hydrogen) atoms. The minimum atomic E-state index is -1.99. The predicted octanol–water partition coefficient (Wildman–Crippen LogP) is 5.69. The molecule has 6 N–H and O–H groups in total. The van der Waals surface area contributed by atoms with Crippen molar-refractivity contribution in [2.75, 3.05) is 42.4 Å². The Balaban J connectivity index is 0.000000416. The lowest BCUT2D eigenvalue weighted by Gasteiger charge is -2.50. The standard InChI is InChI=1S/C45H71NO17.C37H67NO13/c1-13-34(50)59-33-23-36(52)55-26(4)18-16-15-17-19-32(58-29(7)48)25(3)22-31(20-21-47)41(42(33)54-12)62-44-39(53)38(46(10)11)40(27(5)57-44)61-37-24-45(9,63-30(8)49)43(28(6)56-37)60-35(51)14-2;1-14-25-37(10,45)30(41)20(4)27(39)18(2)16-35(8,44)32(51-34-28(40)24(38(11)12)15-19(3)47-34)21(5)29(22(6)33(43)49-25)50-26-17-36(9,46-13)31(42)23(7)48-26/h15-17,19,21,25-28,31-33,37-44,53H,13-14,18,20,22-24H2,1-12H3;18-26,28-32,34,40-42,44-45H,14-17H2,1-13H3/b16-15+,19-17+;/t25-,26-,27-,28+,31+,32+,33-,37+,38-,39-,40-,41+,42+,43+,44+,45-;18-,19-,20+,21+,22-,23+,24+,25-,26+,28-,29+,30-,31+,32-,34+,35-,36-,37-/m11/s1. The fourth-order valence-corrected chi connectivity index (χ4v) is 17.0. The molecule has 0 unspecified atom stereocenters. The molecular formula is C82H138N2O30. The highest BCUT2D eigenvalue weighted by Crippen LogP contribution is 2.44. The number of ketones is 1. The summed E-state index contributed by atoms with van der Waals surface area (Å²) in [5, 5.41) is 69.8. The maximum Gasteiger partial charge on any atom is 0.311 e. The van der Waals surface area contributed by atoms with E-state index in [1.807, 2.05) is 32.8 Å². The van der Waals surface area contributed by atoms with Crippen molar-refractivity contribution in [2.45, 2.75) is 372 Å². The van der Waals surface area contributed by atoms with E-state index in [2.05, 4.69) is 0 Å². The Hall–Kier alpha value is -5.08. The predicted molar refractivity (Wildman–Crippen MR) is 411 cm³/mol. The van der Waals surface area contributed by atoms with Gasteiger partial charge in [0.15, 0.2) is 36.9 Å². The summed E-state index contributed by atoms with van der Waals surface area (Å²) >= 11 is 0. The van der Waals surface area contributed by atoms with Crippen LogP contribution in [-0.4, -0.2) is 300 Å². The van der Waals surface area contributed by atoms with Gasteiger partial charge in [-0.2, -0.15) is 0 Å². The molecule has 0 aliphatic carbocycles. The highest BCUT2D eigenvalue weighted by Gasteiger charge is 2.58. The Kier molecular flexibility index (Phi) is 38.2. The maximum absolute atomic E-state index is 14.1. The number of carbonyl (C=O) groups is 8. The Morgan fingerprint density at radius 1 is 0.614 bits per heavy atom. The van der Waals surface area contributed by atoms with Gasteiger partial charge >= 0.3 is 35.8 Å². The van der Waals surface area contributed by atoms with Gasteiger partial charge in [-0.1, -0.05) is 66.7 Å². The van der Waals surface area contributed by atoms with Crippen LogP contribution in [0.5, 0.6) is 0 Å². The van der Waals surface area contributed by atoms with Gasteiger partial charge in [-0.3, -0.25) is 33.6 Å². The summed E-state index contributed by atoms with van der Waals surface area (Å²) < 4.78 is 97.8. The minimum absolute atomic E-state index is 0.0260. The number of aliphatic hydroxyl groups excluding tert-OH is 4. The number of cyclic esters (lactones) is 2. The molecule has 32 heteroatoms. The van der Waals surface area contributed by atoms with Crippen molar-refractivity contribution in [3.8, 4) is 0 Å². The van der Waals surface area contributed by atoms with E-state index in [0.717, 1.165) is 0 Å². The molecule has 6 aliphatic rings. The molecule has 6 rings (SSSR count). The number of ether oxygens (including phenoxy) is 16. The van der Waals surface area contributed by atoms with Crippen molar-refractivity contribution in [3.05, 3.63) is 24.3 Å². The topological polar surface area (TPSA) is 412 Å². The van der Waals surface area contributed by atoms with Crippen LogP contribution in [0.25, 0.3) is 0 Å². The van der Waals surface area contributed by atoms with E-state index in [0.29, 0.717) is 19.1 Å². The SMILES string of the molecule is CCC(=O)O[C@@H]1CC(=O)O[C@H](C)C/C=C/C=C/[C@H](OC(C)=O)[C@H](C)C[C@H](CC=O)[C@H](O[C@@H]2O[C@H](C)[C@@H](O[C@H]3C[C@@](C)(OC(C)=O)[C@@H](OC(=O)CC)[C@H](C)O3)[C@H](N(C)C)[C@H]2O)[C@H]1OC.CC[C@H]1OC(=O)[C@H](C)[C@@H](O[C@H]2C[C@@](C)(OC)[C@@H](O)[C@H](C)O2)[C@H](C)[C@@H](O[C@@H]2O[C@H](C)C[C@H](N(C)C)[C@H]2O)[C@](C)(O)C[C@@H](C)C(=O)[C@H](C)[C@@H](O)[C@]1(C)O. The van der Waals surface area contributed by atoms with Crippen molar-refractivity contribution >= 4 is 47.9 Å². The Labute approximate surface area is 673 Å². The Morgan fingerprint density at radius 2 is 1.21 bits per heavy atom. The highest BCUT2D eigenvalue weighted by atomic mass is 16.7. The largest absolute Gasteiger partial charge is 0.462 e. The van der Waals surface area contributed by atoms with E-state index in [9.17, 15) is 69.0 Å². The fraction of sp³-hybridized carbons (Fsp3) is 0.854. The smallest absolute Gasteiger partial charge is 0.311 e. The zero-order chi connectivity index (χ0) is 86.1. The summed E-state index contributed by atoms with van der Waals surface area (Å²) in [4.78, 5) is 107. The van der Waals surface area contributed by atoms with Gasteiger partial charge in [0.25, 0.3) is 0 Å². The summed E-state index contributed by atoms with van der Waals surface area (Å²) in [7, 11) is 10.00. The molecule has 32 nitrogen and oxygen atoms in total. The van der Waals surface area contributed by atoms with Crippen molar-refractivity contribution in [1.82, 2.24) is 9.80 Å². The lowest BCUT2D eigenvalue weighted by Crippen LogP contribution is -2.66. The molecule has 34 atom stereocenters. The fourth-order valence-electron chi connectivity index (χ4n) is 17.0. The summed E-state index contributed by atoms with van der Waals surface area (Å²) in [6, 6.07) is -1.16. The second-order valence-corrected chi connectivity index (χ2v) is 33.6. The quantitative estimate of drug-likeness (QED) is 0.0456. The molecule has 0 saturated carbocycles. The van der Waals surface area contributed by atoms with Gasteiger partial charge < -0.3 is 121 Å². The van der Waals surface area contributed by atoms with Crippen LogP contribution in [0.4, 0.5) is 0 Å². The van der Waals surface area contributed by atoms with Gasteiger partial charge in [-0.25, -0.2) is 0 Å². The van der Waals surface area contributed by atoms with Crippen LogP contribution in [0.15, 0.2) is 24.3 Å². The maximum atomic E-state index is 14.1. The number of rotatable bonds is 21. The van der Waals surface area contributed by atoms with E-state index < -0.39 is 241 Å². The first kappa shape index (κ1) is 99.5. The number of aliphatic hydroxyl groups is 6. The number of nitrogens with zero attached hydrogens (tertiary/aromatic N) is 2. The molecule has 0 aromatic rings. The second kappa shape index (κ2) is 43.8. The summed E-state index contributed by atoms with van der Waals surface area (Å²) in [6.45, 7) is 30.7. The van der Waals surface area contributed by atoms with E-state index >= 15 is 0 Å². The third-order valence-electron chi connectivity index (χ3n) is 23.3. The normalized spacial score (nSPS) is 43.3. The molecule has 6 heterocycles. The average Bonchev–Trinajstić information content (AvgIpc) is 0.764. The van der Waals surface area contributed by atoms with Gasteiger partial charge in [0.1, 0.15) is 72.6 Å². The van der Waals surface area contributed by atoms with Gasteiger partial charge in [0.05, 0.1) is 78.4 Å². The highest BCUT2D eigenvalue weighted by molar-refractivity contribution is 5.83. The van der Waals surface area contributed by atoms with Crippen LogP contribution in [0, 0.1) is 35.5 Å². The number of Topliss-reactive ketones (excluding diaryl/α,β-unsaturated/α-hetero) is 1. The van der Waals surface area contributed by atoms with Crippen LogP contribution in [0.2, 0.25) is 0 Å². The Bertz CT molecular complexity index is 3150. The van der Waals surface area contributed by atoms with E-state index in [-0.39, 0.29) is 63.5 Å². The molecule has 0 radical (unpaired) electrons. The summed E-state index contributed by atoms with van der Waals surface area (Å²) in [5.41, 5.74) is -6.17. The molecule has 0 aromatic heterocycles. The van der Waals surface area contributed by atoms with Crippen molar-refractivity contribution in [3.63, 3.8) is 0 Å². The first-order valence-corrected chi connectivity index (χ1v) is 40.4. The Morgan fingerprint density at radius 3 is 1.77 bits per heavy atom. The molecule has 0 aromatic carbocycles. The number of methoxy groups -OCH3 is 2. The van der Waals surface area contributed by atoms with Crippen molar-refractivity contribution in [2.24, 2.45) is 35.5 Å². The van der Waals surface area contributed by atoms with Gasteiger partial charge in [0, 0.05) is 90.4 Å². The van der Waals surface area contributed by atoms with E-state index in [1.54, 1.807) is 126 Å². The van der Waals surface area contributed by atoms with Gasteiger partial charge in [-0.15, -0.1) is 0 Å². The van der Waals surface area contributed by atoms with Crippen molar-refractivity contribution < 1.29 is 145 Å². The molecular weight excluding hydrogens is 1490 g/mol. The van der Waals surface area contributed by atoms with Gasteiger partial charge in [-0.05, 0) is 141 Å². The average molecular weight is 1630 g/mol. The molecule has 6 aliphatic heterocycles. The first-order valence-electron chi connectivity index (χ1n) is 40.4. The number of esters is 6. The third-order valence-corrected chi connectivity index (χ3v) is 23.3. The van der Waals surface area contributed by atoms with Crippen LogP contribution >= 0.6 is 0 Å². The van der Waals surface area contributed by atoms with E-state index in [4.69, 9.17) is 75.8 Å². The number of hydrogen-bond donors (Lipinski definition) is 6. The second-order valence-electron chi connectivity index (χ2n) is 33.6. The minimum Gasteiger partial charge on any atom is -0.462 e. The zero-order valence-corrected chi connectivity index (χ0v) is 71.9. The number of allylic oxidation sites excluding steroid dienone is 2. The molecule has 5 saturated heterocycles. The van der Waals surface area contributed by atoms with Gasteiger partial charge in [0.2, 0.25) is 0 Å². The van der Waals surface area contributed by atoms with Crippen molar-refractivity contribution in [1.29, 1.82) is 0 Å². The van der Waals surface area contributed by atoms with Crippen LogP contribution in [-0.2, 0) is 114 Å². The molecule has 5 fully saturated rings. The monoisotopic (exact) mass is 1630 g/mol. The zero-order valence-electron chi connectivity index (χ0n) is 71.9. The molecule has 656 valence electrons. The van der Waals surface area contributed by atoms with Crippen LogP contribution in [0.3, 0.4) is 0 Å². The molecule has 0 spiro atoms. The third kappa shape index (κ3) is 26.0. The number of likely N-dealkylation sites (N-methyl/N-ethyl adjacent to an activating group) is 2. The van der Waals surface area contributed by atoms with Crippen LogP contribution < -0.4 is 0 Å². The first-order chi connectivity index (χ1) is 53.1.